The summed E-state index contributed by atoms with van der Waals surface area (Å²) in [4.78, 5) is 8.68. The Hall–Kier alpha value is -3.03. The third-order valence-electron chi connectivity index (χ3n) is 5.61. The summed E-state index contributed by atoms with van der Waals surface area (Å²) in [6, 6.07) is 14.1. The van der Waals surface area contributed by atoms with Crippen LogP contribution in [0, 0.1) is 6.92 Å². The molecule has 0 aliphatic carbocycles. The molecular weight excluding hydrogens is 414 g/mol. The minimum atomic E-state index is 0.402. The Morgan fingerprint density at radius 1 is 1.10 bits per heavy atom. The van der Waals surface area contributed by atoms with Gasteiger partial charge in [-0.15, -0.1) is 0 Å². The number of halogens is 1. The molecule has 158 valence electrons. The summed E-state index contributed by atoms with van der Waals surface area (Å²) >= 11 is 5.86. The smallest absolute Gasteiger partial charge is 0.278 e. The molecule has 0 atom stereocenters. The predicted molar refractivity (Wildman–Crippen MR) is 117 cm³/mol. The zero-order chi connectivity index (χ0) is 21.2. The molecule has 1 fully saturated rings. The van der Waals surface area contributed by atoms with Gasteiger partial charge in [0, 0.05) is 30.7 Å². The maximum absolute atomic E-state index is 5.86. The summed E-state index contributed by atoms with van der Waals surface area (Å²) in [5.74, 6) is 1.52. The Morgan fingerprint density at radius 3 is 2.65 bits per heavy atom. The first-order valence-electron chi connectivity index (χ1n) is 10.3. The number of hydrogen-bond donors (Lipinski definition) is 0. The van der Waals surface area contributed by atoms with Crippen molar-refractivity contribution in [3.05, 3.63) is 70.6 Å². The number of aryl methyl sites for hydroxylation is 1. The number of benzene rings is 1. The molecule has 0 spiro atoms. The zero-order valence-corrected chi connectivity index (χ0v) is 17.9. The molecule has 0 amide bonds. The second-order valence-corrected chi connectivity index (χ2v) is 8.14. The molecule has 31 heavy (non-hydrogen) atoms. The number of aromatic nitrogens is 5. The van der Waals surface area contributed by atoms with E-state index < -0.39 is 0 Å². The third-order valence-corrected chi connectivity index (χ3v) is 5.83. The van der Waals surface area contributed by atoms with E-state index in [4.69, 9.17) is 20.9 Å². The van der Waals surface area contributed by atoms with Crippen LogP contribution in [0.1, 0.15) is 35.6 Å². The largest absolute Gasteiger partial charge is 0.381 e. The minimum absolute atomic E-state index is 0.402. The fourth-order valence-corrected chi connectivity index (χ4v) is 3.94. The molecule has 3 aromatic heterocycles. The average molecular weight is 436 g/mol. The van der Waals surface area contributed by atoms with Crippen LogP contribution in [0.15, 0.2) is 53.2 Å². The average Bonchev–Trinajstić information content (AvgIpc) is 3.43. The topological polar surface area (TPSA) is 78.9 Å². The van der Waals surface area contributed by atoms with Gasteiger partial charge in [0.25, 0.3) is 5.89 Å². The van der Waals surface area contributed by atoms with E-state index in [1.165, 1.54) is 5.56 Å². The van der Waals surface area contributed by atoms with Crippen molar-refractivity contribution < 1.29 is 9.26 Å². The summed E-state index contributed by atoms with van der Waals surface area (Å²) in [7, 11) is 0. The first-order valence-corrected chi connectivity index (χ1v) is 10.7. The van der Waals surface area contributed by atoms with Crippen LogP contribution in [0.25, 0.3) is 23.0 Å². The van der Waals surface area contributed by atoms with Crippen LogP contribution >= 0.6 is 11.6 Å². The highest BCUT2D eigenvalue weighted by atomic mass is 35.5. The summed E-state index contributed by atoms with van der Waals surface area (Å²) in [5.41, 5.74) is 4.91. The second kappa shape index (κ2) is 8.61. The van der Waals surface area contributed by atoms with Gasteiger partial charge in [-0.25, -0.2) is 4.98 Å². The molecule has 4 aromatic rings. The van der Waals surface area contributed by atoms with E-state index in [1.807, 2.05) is 23.7 Å². The van der Waals surface area contributed by atoms with Crippen molar-refractivity contribution in [2.24, 2.45) is 0 Å². The normalized spacial score (nSPS) is 14.8. The Labute approximate surface area is 185 Å². The summed E-state index contributed by atoms with van der Waals surface area (Å²) in [5, 5.41) is 9.26. The van der Waals surface area contributed by atoms with E-state index in [0.29, 0.717) is 35.0 Å². The van der Waals surface area contributed by atoms with Gasteiger partial charge in [-0.3, -0.25) is 4.68 Å². The van der Waals surface area contributed by atoms with Crippen LogP contribution in [-0.2, 0) is 11.3 Å². The van der Waals surface area contributed by atoms with Crippen LogP contribution in [-0.4, -0.2) is 38.1 Å². The van der Waals surface area contributed by atoms with E-state index in [1.54, 1.807) is 12.3 Å². The number of ether oxygens (including phenoxy) is 1. The number of nitrogens with zero attached hydrogens (tertiary/aromatic N) is 5. The van der Waals surface area contributed by atoms with Crippen molar-refractivity contribution in [2.45, 2.75) is 32.2 Å². The molecule has 4 heterocycles. The molecule has 8 heteroatoms. The third kappa shape index (κ3) is 4.38. The first-order chi connectivity index (χ1) is 15.2. The molecule has 1 aliphatic heterocycles. The van der Waals surface area contributed by atoms with Crippen molar-refractivity contribution in [2.75, 3.05) is 13.2 Å². The van der Waals surface area contributed by atoms with Gasteiger partial charge in [0.15, 0.2) is 5.69 Å². The standard InChI is InChI=1S/C23H22ClN5O2/c1-15-12-20(27-29(15)14-16-2-7-21(24)25-13-16)23-26-22(28-31-23)19-5-3-17(4-6-19)18-8-10-30-11-9-18/h2-7,12-13,18H,8-11,14H2,1H3. The van der Waals surface area contributed by atoms with Crippen molar-refractivity contribution in [3.63, 3.8) is 0 Å². The quantitative estimate of drug-likeness (QED) is 0.415. The lowest BCUT2D eigenvalue weighted by Crippen LogP contribution is -2.13. The van der Waals surface area contributed by atoms with Gasteiger partial charge in [0.1, 0.15) is 5.15 Å². The van der Waals surface area contributed by atoms with Gasteiger partial charge in [-0.2, -0.15) is 10.1 Å². The van der Waals surface area contributed by atoms with Crippen molar-refractivity contribution in [3.8, 4) is 23.0 Å². The minimum Gasteiger partial charge on any atom is -0.381 e. The van der Waals surface area contributed by atoms with Crippen molar-refractivity contribution in [1.29, 1.82) is 0 Å². The molecule has 1 aliphatic rings. The lowest BCUT2D eigenvalue weighted by atomic mass is 9.91. The van der Waals surface area contributed by atoms with E-state index in [2.05, 4.69) is 44.5 Å². The van der Waals surface area contributed by atoms with E-state index in [-0.39, 0.29) is 0 Å². The Morgan fingerprint density at radius 2 is 1.90 bits per heavy atom. The van der Waals surface area contributed by atoms with Crippen LogP contribution < -0.4 is 0 Å². The van der Waals surface area contributed by atoms with Gasteiger partial charge >= 0.3 is 0 Å². The van der Waals surface area contributed by atoms with Gasteiger partial charge in [-0.05, 0) is 48.9 Å². The molecule has 0 unspecified atom stereocenters. The predicted octanol–water partition coefficient (Wildman–Crippen LogP) is 4.90. The Bertz CT molecular complexity index is 1160. The van der Waals surface area contributed by atoms with Gasteiger partial charge in [0.2, 0.25) is 5.82 Å². The van der Waals surface area contributed by atoms with E-state index in [0.717, 1.165) is 42.9 Å². The van der Waals surface area contributed by atoms with E-state index >= 15 is 0 Å². The summed E-state index contributed by atoms with van der Waals surface area (Å²) in [6.45, 7) is 4.25. The number of rotatable bonds is 5. The molecule has 0 radical (unpaired) electrons. The highest BCUT2D eigenvalue weighted by molar-refractivity contribution is 6.29. The highest BCUT2D eigenvalue weighted by Crippen LogP contribution is 2.29. The van der Waals surface area contributed by atoms with Gasteiger partial charge in [-0.1, -0.05) is 47.1 Å². The molecule has 0 saturated carbocycles. The van der Waals surface area contributed by atoms with Crippen LogP contribution in [0.4, 0.5) is 0 Å². The molecule has 1 saturated heterocycles. The van der Waals surface area contributed by atoms with Crippen LogP contribution in [0.3, 0.4) is 0 Å². The molecule has 5 rings (SSSR count). The summed E-state index contributed by atoms with van der Waals surface area (Å²) < 4.78 is 12.8. The van der Waals surface area contributed by atoms with Crippen molar-refractivity contribution >= 4 is 11.6 Å². The summed E-state index contributed by atoms with van der Waals surface area (Å²) in [6.07, 6.45) is 3.89. The lowest BCUT2D eigenvalue weighted by molar-refractivity contribution is 0.0853. The maximum atomic E-state index is 5.86. The van der Waals surface area contributed by atoms with Crippen molar-refractivity contribution in [1.82, 2.24) is 24.9 Å². The monoisotopic (exact) mass is 435 g/mol. The van der Waals surface area contributed by atoms with Crippen LogP contribution in [0.5, 0.6) is 0 Å². The van der Waals surface area contributed by atoms with Crippen LogP contribution in [0.2, 0.25) is 5.15 Å². The molecule has 7 nitrogen and oxygen atoms in total. The fraction of sp³-hybridized carbons (Fsp3) is 0.304. The Balaban J connectivity index is 1.33. The second-order valence-electron chi connectivity index (χ2n) is 7.75. The number of pyridine rings is 1. The molecule has 1 aromatic carbocycles. The zero-order valence-electron chi connectivity index (χ0n) is 17.2. The molecular formula is C23H22ClN5O2. The first kappa shape index (κ1) is 19.9. The van der Waals surface area contributed by atoms with Gasteiger partial charge in [0.05, 0.1) is 6.54 Å². The lowest BCUT2D eigenvalue weighted by Gasteiger charge is -2.22. The highest BCUT2D eigenvalue weighted by Gasteiger charge is 2.18. The van der Waals surface area contributed by atoms with E-state index in [9.17, 15) is 0 Å². The molecule has 0 bridgehead atoms. The molecule has 0 N–H and O–H groups in total. The SMILES string of the molecule is Cc1cc(-c2nc(-c3ccc(C4CCOCC4)cc3)no2)nn1Cc1ccc(Cl)nc1. The number of hydrogen-bond acceptors (Lipinski definition) is 6. The van der Waals surface area contributed by atoms with Gasteiger partial charge < -0.3 is 9.26 Å². The maximum Gasteiger partial charge on any atom is 0.278 e. The fourth-order valence-electron chi connectivity index (χ4n) is 3.83. The Kier molecular flexibility index (Phi) is 5.53.